The molecule has 2 aliphatic rings. The number of hydrogen-bond donors (Lipinski definition) is 0. The van der Waals surface area contributed by atoms with E-state index in [0.29, 0.717) is 0 Å². The zero-order valence-electron chi connectivity index (χ0n) is 60.0. The van der Waals surface area contributed by atoms with Crippen molar-refractivity contribution >= 4 is 68.1 Å². The van der Waals surface area contributed by atoms with Crippen LogP contribution in [0.25, 0.3) is 51.4 Å². The summed E-state index contributed by atoms with van der Waals surface area (Å²) in [6.07, 6.45) is 76.0. The van der Waals surface area contributed by atoms with Crippen molar-refractivity contribution in [2.24, 2.45) is 0 Å². The molecule has 0 bridgehead atoms. The number of hydrogen-bond acceptors (Lipinski definition) is 9. The largest absolute Gasteiger partial charge is 0.481 e. The van der Waals surface area contributed by atoms with Gasteiger partial charge in [0.2, 0.25) is 0 Å². The molecule has 2 aliphatic heterocycles. The van der Waals surface area contributed by atoms with Crippen LogP contribution in [0.5, 0.6) is 11.5 Å². The summed E-state index contributed by atoms with van der Waals surface area (Å²) in [6, 6.07) is 14.5. The molecule has 0 N–H and O–H groups in total. The van der Waals surface area contributed by atoms with E-state index in [2.05, 4.69) is 74.9 Å². The molecule has 0 saturated carbocycles. The molecule has 0 radical (unpaired) electrons. The Balaban J connectivity index is 0.970. The molecule has 7 heterocycles. The molecule has 520 valence electrons. The van der Waals surface area contributed by atoms with Crippen LogP contribution in [-0.2, 0) is 11.2 Å². The van der Waals surface area contributed by atoms with Gasteiger partial charge in [0, 0.05) is 32.0 Å². The first kappa shape index (κ1) is 76.2. The van der Waals surface area contributed by atoms with Crippen LogP contribution in [-0.4, -0.2) is 8.75 Å². The van der Waals surface area contributed by atoms with E-state index in [4.69, 9.17) is 18.2 Å². The molecule has 6 aromatic rings. The molecule has 9 heteroatoms. The maximum atomic E-state index is 7.50. The summed E-state index contributed by atoms with van der Waals surface area (Å²) in [5, 5.41) is 4.55. The van der Waals surface area contributed by atoms with Crippen LogP contribution in [0.3, 0.4) is 0 Å². The lowest BCUT2D eigenvalue weighted by atomic mass is 9.81. The number of thiophene rings is 4. The molecule has 4 nitrogen and oxygen atoms in total. The molecule has 0 atom stereocenters. The highest BCUT2D eigenvalue weighted by molar-refractivity contribution is 7.24. The minimum atomic E-state index is -0.307. The van der Waals surface area contributed by atoms with E-state index >= 15 is 0 Å². The lowest BCUT2D eigenvalue weighted by Gasteiger charge is -2.38. The maximum Gasteiger partial charge on any atom is 0.140 e. The smallest absolute Gasteiger partial charge is 0.140 e. The maximum absolute atomic E-state index is 7.50. The second kappa shape index (κ2) is 45.2. The van der Waals surface area contributed by atoms with E-state index in [0.717, 1.165) is 48.2 Å². The number of unbranched alkanes of at least 4 members (excludes halogenated alkanes) is 48. The Morgan fingerprint density at radius 3 is 0.774 bits per heavy atom. The van der Waals surface area contributed by atoms with Crippen LogP contribution in [0.15, 0.2) is 47.2 Å². The fraction of sp³-hybridized carbons (Fsp3) is 0.738. The van der Waals surface area contributed by atoms with Crippen molar-refractivity contribution in [2.45, 2.75) is 398 Å². The van der Waals surface area contributed by atoms with Gasteiger partial charge >= 0.3 is 0 Å². The van der Waals surface area contributed by atoms with Gasteiger partial charge < -0.3 is 9.47 Å². The number of ether oxygens (including phenoxy) is 2. The number of nitrogens with zero attached hydrogens (tertiary/aromatic N) is 2. The predicted octanol–water partition coefficient (Wildman–Crippen LogP) is 31.7. The van der Waals surface area contributed by atoms with Gasteiger partial charge in [-0.3, -0.25) is 0 Å². The van der Waals surface area contributed by atoms with E-state index in [1.165, 1.54) is 397 Å². The van der Waals surface area contributed by atoms with Crippen LogP contribution in [0.1, 0.15) is 398 Å². The van der Waals surface area contributed by atoms with Crippen LogP contribution >= 0.6 is 57.1 Å². The van der Waals surface area contributed by atoms with E-state index in [-0.39, 0.29) is 11.2 Å². The summed E-state index contributed by atoms with van der Waals surface area (Å²) in [5.41, 5.74) is 6.81. The minimum absolute atomic E-state index is 0.307. The summed E-state index contributed by atoms with van der Waals surface area (Å²) < 4.78 is 25.4. The molecule has 0 unspecified atom stereocenters. The molecule has 0 amide bonds. The fourth-order valence-electron chi connectivity index (χ4n) is 15.6. The Morgan fingerprint density at radius 1 is 0.290 bits per heavy atom. The van der Waals surface area contributed by atoms with Crippen molar-refractivity contribution in [1.29, 1.82) is 0 Å². The third-order valence-corrected chi connectivity index (χ3v) is 26.4. The third kappa shape index (κ3) is 24.7. The number of benzene rings is 1. The molecule has 1 aromatic carbocycles. The molecular weight excluding hydrogens is 1230 g/mol. The Morgan fingerprint density at radius 2 is 0.527 bits per heavy atom. The lowest BCUT2D eigenvalue weighted by molar-refractivity contribution is 0.0395. The first-order valence-electron chi connectivity index (χ1n) is 40.1. The second-order valence-electron chi connectivity index (χ2n) is 29.2. The molecule has 0 spiro atoms. The highest BCUT2D eigenvalue weighted by atomic mass is 32.1. The van der Waals surface area contributed by atoms with Crippen molar-refractivity contribution in [3.05, 3.63) is 58.3 Å². The summed E-state index contributed by atoms with van der Waals surface area (Å²) in [6.45, 7) is 9.29. The van der Waals surface area contributed by atoms with Crippen LogP contribution < -0.4 is 9.47 Å². The normalized spacial score (nSPS) is 13.8. The summed E-state index contributed by atoms with van der Waals surface area (Å²) in [4.78, 5) is 8.13. The third-order valence-electron chi connectivity index (χ3n) is 21.4. The second-order valence-corrected chi connectivity index (χ2v) is 33.7. The SMILES string of the molecule is CCCCCCCCCCCCCCCC1(CCCCCCCCCCCCCCC)Oc2ccsc2-c2sc(-c3ccc(-c4cc5c(s4)-c4sccc4OC5(CCCCCCCCCCCCCCC)CCCCCCCCCCCCCCC)c4nsnc34)cc21. The van der Waals surface area contributed by atoms with E-state index in [9.17, 15) is 0 Å². The Hall–Kier alpha value is -2.56. The highest BCUT2D eigenvalue weighted by Crippen LogP contribution is 2.59. The van der Waals surface area contributed by atoms with Gasteiger partial charge in [-0.1, -0.05) is 348 Å². The summed E-state index contributed by atoms with van der Waals surface area (Å²) >= 11 is 9.10. The molecular formula is C84H132N2O2S5. The Bertz CT molecular complexity index is 2610. The molecule has 0 saturated heterocycles. The zero-order chi connectivity index (χ0) is 64.7. The molecule has 8 rings (SSSR count). The highest BCUT2D eigenvalue weighted by Gasteiger charge is 2.44. The van der Waals surface area contributed by atoms with Gasteiger partial charge in [-0.25, -0.2) is 0 Å². The van der Waals surface area contributed by atoms with Crippen LogP contribution in [0.2, 0.25) is 0 Å². The topological polar surface area (TPSA) is 44.2 Å². The van der Waals surface area contributed by atoms with Gasteiger partial charge in [-0.15, -0.1) is 45.3 Å². The monoisotopic (exact) mass is 1360 g/mol. The standard InChI is InChI=1S/C84H132N2O2S5/c1-5-9-13-17-21-25-29-33-37-41-45-49-53-61-83(62-54-50-46-42-38-34-30-26-22-18-14-10-6-2)71-67-75(91-79(71)81-73(87-83)59-65-89-81)69-57-58-70(78-77(69)85-93-86-78)76-68-72-80(92-76)82-74(60-66-90-82)88-84(72,63-55-51-47-43-39-35-31-27-23-19-15-11-7-3)64-56-52-48-44-40-36-32-28-24-20-16-12-8-4/h57-60,65-68H,5-56,61-64H2,1-4H3. The Kier molecular flexibility index (Phi) is 37.0. The van der Waals surface area contributed by atoms with Crippen LogP contribution in [0.4, 0.5) is 0 Å². The van der Waals surface area contributed by atoms with Gasteiger partial charge in [0.1, 0.15) is 33.7 Å². The van der Waals surface area contributed by atoms with Gasteiger partial charge in [-0.2, -0.15) is 8.75 Å². The van der Waals surface area contributed by atoms with Crippen molar-refractivity contribution in [2.75, 3.05) is 0 Å². The summed E-state index contributed by atoms with van der Waals surface area (Å²) in [7, 11) is 0. The predicted molar refractivity (Wildman–Crippen MR) is 417 cm³/mol. The number of aromatic nitrogens is 2. The van der Waals surface area contributed by atoms with Gasteiger partial charge in [-0.05, 0) is 86.4 Å². The number of fused-ring (bicyclic) bond motifs is 7. The molecule has 5 aromatic heterocycles. The zero-order valence-corrected chi connectivity index (χ0v) is 64.1. The van der Waals surface area contributed by atoms with E-state index in [1.807, 2.05) is 45.3 Å². The van der Waals surface area contributed by atoms with Crippen molar-refractivity contribution in [3.63, 3.8) is 0 Å². The van der Waals surface area contributed by atoms with Crippen LogP contribution in [0, 0.1) is 0 Å². The summed E-state index contributed by atoms with van der Waals surface area (Å²) in [5.74, 6) is 2.22. The van der Waals surface area contributed by atoms with Gasteiger partial charge in [0.25, 0.3) is 0 Å². The number of rotatable bonds is 58. The molecule has 93 heavy (non-hydrogen) atoms. The van der Waals surface area contributed by atoms with Crippen molar-refractivity contribution in [1.82, 2.24) is 8.75 Å². The fourth-order valence-corrected chi connectivity index (χ4v) is 20.7. The first-order chi connectivity index (χ1) is 46.0. The molecule has 0 aliphatic carbocycles. The van der Waals surface area contributed by atoms with E-state index in [1.54, 1.807) is 0 Å². The van der Waals surface area contributed by atoms with E-state index < -0.39 is 0 Å². The lowest BCUT2D eigenvalue weighted by Crippen LogP contribution is -2.35. The average Bonchev–Trinajstić information content (AvgIpc) is 1.60. The van der Waals surface area contributed by atoms with Gasteiger partial charge in [0.05, 0.1) is 31.2 Å². The quantitative estimate of drug-likeness (QED) is 0.0357. The first-order valence-corrected chi connectivity index (χ1v) is 44.2. The Labute approximate surface area is 590 Å². The van der Waals surface area contributed by atoms with Crippen molar-refractivity contribution in [3.8, 4) is 51.9 Å². The minimum Gasteiger partial charge on any atom is -0.481 e. The average molecular weight is 1360 g/mol. The molecule has 0 fully saturated rings. The van der Waals surface area contributed by atoms with Gasteiger partial charge in [0.15, 0.2) is 0 Å². The van der Waals surface area contributed by atoms with Crippen molar-refractivity contribution < 1.29 is 9.47 Å².